The first-order valence-electron chi connectivity index (χ1n) is 4.46. The summed E-state index contributed by atoms with van der Waals surface area (Å²) in [5, 5.41) is 0. The van der Waals surface area contributed by atoms with Crippen LogP contribution in [0.2, 0.25) is 0 Å². The van der Waals surface area contributed by atoms with E-state index in [2.05, 4.69) is 4.74 Å². The highest BCUT2D eigenvalue weighted by Crippen LogP contribution is 2.27. The first-order chi connectivity index (χ1) is 5.94. The number of methoxy groups -OCH3 is 1. The topological polar surface area (TPSA) is 43.4 Å². The van der Waals surface area contributed by atoms with E-state index in [1.54, 1.807) is 0 Å². The third-order valence-electron chi connectivity index (χ3n) is 2.10. The second kappa shape index (κ2) is 5.00. The molecule has 76 valence electrons. The van der Waals surface area contributed by atoms with Gasteiger partial charge in [-0.25, -0.2) is 0 Å². The van der Waals surface area contributed by atoms with Crippen molar-refractivity contribution in [1.82, 2.24) is 0 Å². The number of hydrogen-bond acceptors (Lipinski definition) is 3. The molecule has 13 heavy (non-hydrogen) atoms. The van der Waals surface area contributed by atoms with Crippen molar-refractivity contribution in [3.63, 3.8) is 0 Å². The van der Waals surface area contributed by atoms with Crippen LogP contribution in [0.1, 0.15) is 33.6 Å². The van der Waals surface area contributed by atoms with Crippen molar-refractivity contribution in [2.75, 3.05) is 7.11 Å². The summed E-state index contributed by atoms with van der Waals surface area (Å²) in [5.41, 5.74) is -0.489. The first kappa shape index (κ1) is 12.1. The lowest BCUT2D eigenvalue weighted by atomic mass is 9.82. The summed E-state index contributed by atoms with van der Waals surface area (Å²) < 4.78 is 4.67. The van der Waals surface area contributed by atoms with E-state index in [1.165, 1.54) is 7.11 Å². The molecule has 0 heterocycles. The maximum Gasteiger partial charge on any atom is 0.311 e. The van der Waals surface area contributed by atoms with Crippen LogP contribution >= 0.6 is 0 Å². The molecule has 3 nitrogen and oxygen atoms in total. The minimum atomic E-state index is -0.489. The zero-order valence-electron chi connectivity index (χ0n) is 8.79. The quantitative estimate of drug-likeness (QED) is 0.485. The Kier molecular flexibility index (Phi) is 4.67. The molecule has 0 aliphatic rings. The highest BCUT2D eigenvalue weighted by Gasteiger charge is 2.30. The summed E-state index contributed by atoms with van der Waals surface area (Å²) in [5.74, 6) is 0.0110. The van der Waals surface area contributed by atoms with Crippen LogP contribution in [0.25, 0.3) is 0 Å². The molecule has 1 atom stereocenters. The SMILES string of the molecule is COC(=O)C(C)(C)CC(C)CC=O. The largest absolute Gasteiger partial charge is 0.469 e. The van der Waals surface area contributed by atoms with Gasteiger partial charge in [-0.2, -0.15) is 0 Å². The van der Waals surface area contributed by atoms with Crippen LogP contribution in [-0.4, -0.2) is 19.4 Å². The summed E-state index contributed by atoms with van der Waals surface area (Å²) in [6.45, 7) is 5.62. The fourth-order valence-electron chi connectivity index (χ4n) is 1.48. The molecule has 0 radical (unpaired) electrons. The van der Waals surface area contributed by atoms with Gasteiger partial charge in [0.2, 0.25) is 0 Å². The standard InChI is InChI=1S/C10H18O3/c1-8(5-6-11)7-10(2,3)9(12)13-4/h6,8H,5,7H2,1-4H3. The lowest BCUT2D eigenvalue weighted by molar-refractivity contribution is -0.151. The number of rotatable bonds is 5. The Morgan fingerprint density at radius 1 is 1.54 bits per heavy atom. The summed E-state index contributed by atoms with van der Waals surface area (Å²) in [7, 11) is 1.38. The van der Waals surface area contributed by atoms with Crippen molar-refractivity contribution in [2.45, 2.75) is 33.6 Å². The molecule has 0 aromatic heterocycles. The molecule has 0 rings (SSSR count). The predicted octanol–water partition coefficient (Wildman–Crippen LogP) is 1.80. The molecule has 0 aliphatic carbocycles. The van der Waals surface area contributed by atoms with E-state index in [9.17, 15) is 9.59 Å². The maximum atomic E-state index is 11.3. The van der Waals surface area contributed by atoms with Gasteiger partial charge in [-0.1, -0.05) is 6.92 Å². The van der Waals surface area contributed by atoms with Gasteiger partial charge in [0.1, 0.15) is 6.29 Å². The van der Waals surface area contributed by atoms with Gasteiger partial charge >= 0.3 is 5.97 Å². The second-order valence-electron chi connectivity index (χ2n) is 4.09. The number of esters is 1. The monoisotopic (exact) mass is 186 g/mol. The van der Waals surface area contributed by atoms with Crippen LogP contribution in [0.15, 0.2) is 0 Å². The molecule has 0 spiro atoms. The summed E-state index contributed by atoms with van der Waals surface area (Å²) in [4.78, 5) is 21.5. The molecule has 0 fully saturated rings. The van der Waals surface area contributed by atoms with Crippen LogP contribution < -0.4 is 0 Å². The lowest BCUT2D eigenvalue weighted by Crippen LogP contribution is -2.27. The smallest absolute Gasteiger partial charge is 0.311 e. The molecule has 0 N–H and O–H groups in total. The molecule has 0 aromatic rings. The minimum absolute atomic E-state index is 0.217. The molecule has 0 bridgehead atoms. The lowest BCUT2D eigenvalue weighted by Gasteiger charge is -2.24. The first-order valence-corrected chi connectivity index (χ1v) is 4.46. The second-order valence-corrected chi connectivity index (χ2v) is 4.09. The van der Waals surface area contributed by atoms with Gasteiger partial charge in [0.05, 0.1) is 12.5 Å². The van der Waals surface area contributed by atoms with Crippen molar-refractivity contribution in [1.29, 1.82) is 0 Å². The van der Waals surface area contributed by atoms with Gasteiger partial charge < -0.3 is 9.53 Å². The Labute approximate surface area is 79.5 Å². The van der Waals surface area contributed by atoms with E-state index in [0.29, 0.717) is 12.8 Å². The molecular formula is C10H18O3. The van der Waals surface area contributed by atoms with Crippen LogP contribution in [-0.2, 0) is 14.3 Å². The Morgan fingerprint density at radius 2 is 2.08 bits per heavy atom. The molecule has 3 heteroatoms. The van der Waals surface area contributed by atoms with Gasteiger partial charge in [-0.3, -0.25) is 4.79 Å². The van der Waals surface area contributed by atoms with E-state index in [0.717, 1.165) is 6.29 Å². The highest BCUT2D eigenvalue weighted by molar-refractivity contribution is 5.75. The number of aldehydes is 1. The van der Waals surface area contributed by atoms with Crippen LogP contribution in [0.3, 0.4) is 0 Å². The van der Waals surface area contributed by atoms with Gasteiger partial charge in [0.15, 0.2) is 0 Å². The maximum absolute atomic E-state index is 11.3. The Balaban J connectivity index is 4.15. The molecule has 0 aliphatic heterocycles. The molecule has 0 aromatic carbocycles. The Bertz CT molecular complexity index is 185. The number of carbonyl (C=O) groups excluding carboxylic acids is 2. The highest BCUT2D eigenvalue weighted by atomic mass is 16.5. The van der Waals surface area contributed by atoms with Crippen molar-refractivity contribution < 1.29 is 14.3 Å². The molecule has 0 saturated carbocycles. The van der Waals surface area contributed by atoms with E-state index in [4.69, 9.17) is 0 Å². The van der Waals surface area contributed by atoms with Gasteiger partial charge in [0, 0.05) is 6.42 Å². The number of carbonyl (C=O) groups is 2. The molecule has 0 saturated heterocycles. The summed E-state index contributed by atoms with van der Waals surface area (Å²) in [6.07, 6.45) is 2.07. The third kappa shape index (κ3) is 4.06. The van der Waals surface area contributed by atoms with Gasteiger partial charge in [-0.05, 0) is 26.2 Å². The summed E-state index contributed by atoms with van der Waals surface area (Å²) in [6, 6.07) is 0. The van der Waals surface area contributed by atoms with Crippen molar-refractivity contribution in [3.05, 3.63) is 0 Å². The number of hydrogen-bond donors (Lipinski definition) is 0. The normalized spacial score (nSPS) is 13.5. The Hall–Kier alpha value is -0.860. The zero-order valence-corrected chi connectivity index (χ0v) is 8.79. The van der Waals surface area contributed by atoms with Crippen molar-refractivity contribution >= 4 is 12.3 Å². The number of ether oxygens (including phenoxy) is 1. The van der Waals surface area contributed by atoms with Crippen LogP contribution in [0, 0.1) is 11.3 Å². The molecule has 0 amide bonds. The van der Waals surface area contributed by atoms with E-state index < -0.39 is 5.41 Å². The molecule has 1 unspecified atom stereocenters. The third-order valence-corrected chi connectivity index (χ3v) is 2.10. The van der Waals surface area contributed by atoms with E-state index in [-0.39, 0.29) is 11.9 Å². The van der Waals surface area contributed by atoms with Gasteiger partial charge in [-0.15, -0.1) is 0 Å². The molecular weight excluding hydrogens is 168 g/mol. The predicted molar refractivity (Wildman–Crippen MR) is 50.3 cm³/mol. The zero-order chi connectivity index (χ0) is 10.5. The minimum Gasteiger partial charge on any atom is -0.469 e. The summed E-state index contributed by atoms with van der Waals surface area (Å²) >= 11 is 0. The van der Waals surface area contributed by atoms with Crippen molar-refractivity contribution in [2.24, 2.45) is 11.3 Å². The van der Waals surface area contributed by atoms with E-state index >= 15 is 0 Å². The van der Waals surface area contributed by atoms with Crippen molar-refractivity contribution in [3.8, 4) is 0 Å². The van der Waals surface area contributed by atoms with Crippen LogP contribution in [0.4, 0.5) is 0 Å². The average molecular weight is 186 g/mol. The van der Waals surface area contributed by atoms with Gasteiger partial charge in [0.25, 0.3) is 0 Å². The van der Waals surface area contributed by atoms with Crippen LogP contribution in [0.5, 0.6) is 0 Å². The fourth-order valence-corrected chi connectivity index (χ4v) is 1.48. The Morgan fingerprint density at radius 3 is 2.46 bits per heavy atom. The average Bonchev–Trinajstić information content (AvgIpc) is 2.02. The fraction of sp³-hybridized carbons (Fsp3) is 0.800. The van der Waals surface area contributed by atoms with E-state index in [1.807, 2.05) is 20.8 Å².